The molecule has 0 bridgehead atoms. The SMILES string of the molecule is Cc1nc(-c2ccc(N3CCN(C(=O)c4csc(C)n4)CC3)nc2)no1. The third kappa shape index (κ3) is 3.30. The van der Waals surface area contributed by atoms with Crippen LogP contribution in [0.5, 0.6) is 0 Å². The van der Waals surface area contributed by atoms with Gasteiger partial charge in [-0.3, -0.25) is 4.79 Å². The zero-order valence-electron chi connectivity index (χ0n) is 14.5. The average molecular weight is 370 g/mol. The molecule has 4 rings (SSSR count). The maximum atomic E-state index is 12.5. The van der Waals surface area contributed by atoms with E-state index in [4.69, 9.17) is 4.52 Å². The van der Waals surface area contributed by atoms with Gasteiger partial charge in [-0.15, -0.1) is 11.3 Å². The summed E-state index contributed by atoms with van der Waals surface area (Å²) in [5.74, 6) is 1.95. The topological polar surface area (TPSA) is 88.3 Å². The highest BCUT2D eigenvalue weighted by molar-refractivity contribution is 7.09. The molecule has 3 aromatic heterocycles. The highest BCUT2D eigenvalue weighted by Gasteiger charge is 2.24. The van der Waals surface area contributed by atoms with Crippen LogP contribution in [0.4, 0.5) is 5.82 Å². The number of hydrogen-bond donors (Lipinski definition) is 0. The monoisotopic (exact) mass is 370 g/mol. The minimum atomic E-state index is 0.00443. The first-order valence-corrected chi connectivity index (χ1v) is 9.21. The van der Waals surface area contributed by atoms with Gasteiger partial charge in [-0.25, -0.2) is 9.97 Å². The maximum absolute atomic E-state index is 12.5. The number of pyridine rings is 1. The van der Waals surface area contributed by atoms with Crippen LogP contribution in [0.2, 0.25) is 0 Å². The predicted octanol–water partition coefficient (Wildman–Crippen LogP) is 2.17. The standard InChI is InChI=1S/C17H18N6O2S/c1-11-19-16(21-25-11)13-3-4-15(18-9-13)22-5-7-23(8-6-22)17(24)14-10-26-12(2)20-14/h3-4,9-10H,5-8H2,1-2H3. The van der Waals surface area contributed by atoms with Crippen molar-refractivity contribution in [3.63, 3.8) is 0 Å². The molecule has 9 heteroatoms. The van der Waals surface area contributed by atoms with E-state index in [1.54, 1.807) is 13.1 Å². The van der Waals surface area contributed by atoms with E-state index in [1.807, 2.05) is 29.3 Å². The smallest absolute Gasteiger partial charge is 0.273 e. The van der Waals surface area contributed by atoms with Crippen molar-refractivity contribution in [3.05, 3.63) is 40.3 Å². The summed E-state index contributed by atoms with van der Waals surface area (Å²) in [4.78, 5) is 29.5. The summed E-state index contributed by atoms with van der Waals surface area (Å²) in [5.41, 5.74) is 1.36. The highest BCUT2D eigenvalue weighted by atomic mass is 32.1. The Labute approximate surface area is 154 Å². The molecule has 0 aliphatic carbocycles. The highest BCUT2D eigenvalue weighted by Crippen LogP contribution is 2.20. The van der Waals surface area contributed by atoms with Gasteiger partial charge in [-0.1, -0.05) is 5.16 Å². The van der Waals surface area contributed by atoms with Gasteiger partial charge < -0.3 is 14.3 Å². The molecule has 1 aliphatic heterocycles. The van der Waals surface area contributed by atoms with Gasteiger partial charge in [0.05, 0.1) is 5.01 Å². The fraction of sp³-hybridized carbons (Fsp3) is 0.353. The molecule has 1 fully saturated rings. The first-order valence-electron chi connectivity index (χ1n) is 8.33. The molecule has 26 heavy (non-hydrogen) atoms. The minimum absolute atomic E-state index is 0.00443. The van der Waals surface area contributed by atoms with E-state index in [0.717, 1.165) is 29.5 Å². The first kappa shape index (κ1) is 16.6. The van der Waals surface area contributed by atoms with Crippen LogP contribution in [0, 0.1) is 13.8 Å². The van der Waals surface area contributed by atoms with E-state index in [2.05, 4.69) is 25.0 Å². The van der Waals surface area contributed by atoms with Gasteiger partial charge in [0.25, 0.3) is 5.91 Å². The summed E-state index contributed by atoms with van der Waals surface area (Å²) in [6.07, 6.45) is 1.75. The van der Waals surface area contributed by atoms with Gasteiger partial charge in [0.1, 0.15) is 11.5 Å². The van der Waals surface area contributed by atoms with Crippen molar-refractivity contribution in [2.24, 2.45) is 0 Å². The van der Waals surface area contributed by atoms with Crippen molar-refractivity contribution in [2.45, 2.75) is 13.8 Å². The van der Waals surface area contributed by atoms with Gasteiger partial charge in [0.2, 0.25) is 11.7 Å². The van der Waals surface area contributed by atoms with E-state index in [1.165, 1.54) is 11.3 Å². The van der Waals surface area contributed by atoms with Gasteiger partial charge in [-0.2, -0.15) is 4.98 Å². The third-order valence-electron chi connectivity index (χ3n) is 4.26. The number of thiazole rings is 1. The van der Waals surface area contributed by atoms with Crippen LogP contribution in [0.25, 0.3) is 11.4 Å². The second kappa shape index (κ2) is 6.83. The number of aryl methyl sites for hydroxylation is 2. The Hall–Kier alpha value is -2.81. The Balaban J connectivity index is 1.39. The van der Waals surface area contributed by atoms with Crippen molar-refractivity contribution in [1.82, 2.24) is 25.0 Å². The number of carbonyl (C=O) groups is 1. The Kier molecular flexibility index (Phi) is 4.37. The number of anilines is 1. The summed E-state index contributed by atoms with van der Waals surface area (Å²) < 4.78 is 5.00. The fourth-order valence-corrected chi connectivity index (χ4v) is 3.47. The van der Waals surface area contributed by atoms with Crippen LogP contribution in [0.3, 0.4) is 0 Å². The van der Waals surface area contributed by atoms with Crippen LogP contribution in [-0.2, 0) is 0 Å². The Bertz CT molecular complexity index is 911. The maximum Gasteiger partial charge on any atom is 0.273 e. The molecule has 1 aliphatic rings. The summed E-state index contributed by atoms with van der Waals surface area (Å²) in [5, 5.41) is 6.63. The van der Waals surface area contributed by atoms with E-state index in [9.17, 15) is 4.79 Å². The third-order valence-corrected chi connectivity index (χ3v) is 5.04. The van der Waals surface area contributed by atoms with Crippen LogP contribution in [-0.4, -0.2) is 57.1 Å². The molecule has 1 saturated heterocycles. The summed E-state index contributed by atoms with van der Waals surface area (Å²) in [6.45, 7) is 6.45. The Morgan fingerprint density at radius 3 is 2.54 bits per heavy atom. The summed E-state index contributed by atoms with van der Waals surface area (Å²) >= 11 is 1.50. The molecule has 0 saturated carbocycles. The second-order valence-electron chi connectivity index (χ2n) is 6.07. The normalized spacial score (nSPS) is 14.7. The minimum Gasteiger partial charge on any atom is -0.353 e. The molecule has 0 unspecified atom stereocenters. The van der Waals surface area contributed by atoms with Crippen LogP contribution >= 0.6 is 11.3 Å². The number of carbonyl (C=O) groups excluding carboxylic acids is 1. The lowest BCUT2D eigenvalue weighted by molar-refractivity contribution is 0.0741. The van der Waals surface area contributed by atoms with Crippen molar-refractivity contribution >= 4 is 23.1 Å². The van der Waals surface area contributed by atoms with Crippen LogP contribution in [0.15, 0.2) is 28.2 Å². The van der Waals surface area contributed by atoms with Crippen LogP contribution in [0.1, 0.15) is 21.4 Å². The molecule has 0 aromatic carbocycles. The summed E-state index contributed by atoms with van der Waals surface area (Å²) in [6, 6.07) is 3.88. The molecule has 1 amide bonds. The number of rotatable bonds is 3. The van der Waals surface area contributed by atoms with Crippen molar-refractivity contribution < 1.29 is 9.32 Å². The largest absolute Gasteiger partial charge is 0.353 e. The van der Waals surface area contributed by atoms with Crippen molar-refractivity contribution in [1.29, 1.82) is 0 Å². The first-order chi connectivity index (χ1) is 12.6. The van der Waals surface area contributed by atoms with E-state index in [0.29, 0.717) is 30.5 Å². The van der Waals surface area contributed by atoms with Crippen molar-refractivity contribution in [2.75, 3.05) is 31.1 Å². The van der Waals surface area contributed by atoms with Gasteiger partial charge >= 0.3 is 0 Å². The van der Waals surface area contributed by atoms with Gasteiger partial charge in [0, 0.05) is 50.2 Å². The molecular formula is C17H18N6O2S. The quantitative estimate of drug-likeness (QED) is 0.698. The number of aromatic nitrogens is 4. The molecule has 4 heterocycles. The molecule has 0 radical (unpaired) electrons. The number of piperazine rings is 1. The molecule has 8 nitrogen and oxygen atoms in total. The lowest BCUT2D eigenvalue weighted by Gasteiger charge is -2.35. The average Bonchev–Trinajstić information content (AvgIpc) is 3.30. The molecule has 0 spiro atoms. The van der Waals surface area contributed by atoms with Gasteiger partial charge in [-0.05, 0) is 19.1 Å². The van der Waals surface area contributed by atoms with Crippen molar-refractivity contribution in [3.8, 4) is 11.4 Å². The predicted molar refractivity (Wildman–Crippen MR) is 97.2 cm³/mol. The van der Waals surface area contributed by atoms with E-state index >= 15 is 0 Å². The van der Waals surface area contributed by atoms with E-state index < -0.39 is 0 Å². The Morgan fingerprint density at radius 1 is 1.15 bits per heavy atom. The fourth-order valence-electron chi connectivity index (χ4n) is 2.88. The van der Waals surface area contributed by atoms with E-state index in [-0.39, 0.29) is 5.91 Å². The number of nitrogens with zero attached hydrogens (tertiary/aromatic N) is 6. The molecule has 134 valence electrons. The van der Waals surface area contributed by atoms with Gasteiger partial charge in [0.15, 0.2) is 0 Å². The summed E-state index contributed by atoms with van der Waals surface area (Å²) in [7, 11) is 0. The molecule has 0 N–H and O–H groups in total. The Morgan fingerprint density at radius 2 is 1.96 bits per heavy atom. The zero-order valence-corrected chi connectivity index (χ0v) is 15.4. The lowest BCUT2D eigenvalue weighted by Crippen LogP contribution is -2.49. The lowest BCUT2D eigenvalue weighted by atomic mass is 10.2. The molecule has 0 atom stereocenters. The molecular weight excluding hydrogens is 352 g/mol. The van der Waals surface area contributed by atoms with Crippen LogP contribution < -0.4 is 4.90 Å². The number of hydrogen-bond acceptors (Lipinski definition) is 8. The molecule has 3 aromatic rings. The number of amides is 1. The second-order valence-corrected chi connectivity index (χ2v) is 7.14. The zero-order chi connectivity index (χ0) is 18.1.